The van der Waals surface area contributed by atoms with Crippen molar-refractivity contribution in [2.75, 3.05) is 25.1 Å². The highest BCUT2D eigenvalue weighted by Crippen LogP contribution is 2.35. The molecular weight excluding hydrogens is 532 g/mol. The van der Waals surface area contributed by atoms with Gasteiger partial charge in [0, 0.05) is 0 Å². The number of benzene rings is 2. The first-order chi connectivity index (χ1) is 15.3. The molecule has 4 amide bonds. The lowest BCUT2D eigenvalue weighted by molar-refractivity contribution is -0.127. The second kappa shape index (κ2) is 10.4. The van der Waals surface area contributed by atoms with Crippen molar-refractivity contribution in [3.05, 3.63) is 57.0 Å². The normalized spacial score (nSPS) is 14.5. The van der Waals surface area contributed by atoms with Gasteiger partial charge in [0.25, 0.3) is 5.91 Å². The van der Waals surface area contributed by atoms with Crippen LogP contribution in [0.2, 0.25) is 0 Å². The van der Waals surface area contributed by atoms with E-state index >= 15 is 0 Å². The summed E-state index contributed by atoms with van der Waals surface area (Å²) in [5.74, 6) is -0.861. The van der Waals surface area contributed by atoms with Crippen molar-refractivity contribution >= 4 is 52.2 Å². The minimum absolute atomic E-state index is 0.0103. The van der Waals surface area contributed by atoms with Gasteiger partial charge in [-0.2, -0.15) is 0 Å². The Morgan fingerprint density at radius 2 is 1.91 bits per heavy atom. The zero-order valence-corrected chi connectivity index (χ0v) is 19.6. The number of imide groups is 1. The van der Waals surface area contributed by atoms with E-state index in [1.807, 2.05) is 13.8 Å². The molecule has 168 valence electrons. The van der Waals surface area contributed by atoms with Gasteiger partial charge in [0.15, 0.2) is 11.5 Å². The summed E-state index contributed by atoms with van der Waals surface area (Å²) in [6.45, 7) is 4.05. The van der Waals surface area contributed by atoms with Crippen molar-refractivity contribution in [1.29, 1.82) is 0 Å². The second-order valence-corrected chi connectivity index (χ2v) is 7.77. The number of ether oxygens (including phenoxy) is 2. The molecule has 1 heterocycles. The van der Waals surface area contributed by atoms with Crippen LogP contribution in [0, 0.1) is 9.39 Å². The number of nitrogens with one attached hydrogen (secondary N) is 2. The number of amides is 4. The quantitative estimate of drug-likeness (QED) is 0.295. The van der Waals surface area contributed by atoms with E-state index in [1.165, 1.54) is 24.3 Å². The second-order valence-electron chi connectivity index (χ2n) is 6.60. The van der Waals surface area contributed by atoms with Gasteiger partial charge in [-0.05, 0) is 72.3 Å². The van der Waals surface area contributed by atoms with Crippen LogP contribution < -0.4 is 20.1 Å². The van der Waals surface area contributed by atoms with Crippen LogP contribution in [0.15, 0.2) is 42.1 Å². The molecule has 32 heavy (non-hydrogen) atoms. The lowest BCUT2D eigenvalue weighted by Gasteiger charge is -2.14. The molecule has 0 saturated carbocycles. The third-order valence-electron chi connectivity index (χ3n) is 4.34. The molecule has 0 unspecified atom stereocenters. The first-order valence-electron chi connectivity index (χ1n) is 9.82. The predicted octanol–water partition coefficient (Wildman–Crippen LogP) is 3.76. The van der Waals surface area contributed by atoms with Gasteiger partial charge in [0.05, 0.1) is 22.5 Å². The highest BCUT2D eigenvalue weighted by Gasteiger charge is 2.35. The SMILES string of the molecule is CCOc1cc(/C=C2/NC(=O)N(CC(=O)Nc3ccccc3F)C2=O)cc(I)c1OCC. The Balaban J connectivity index is 1.78. The molecule has 0 aromatic heterocycles. The number of para-hydroxylation sites is 1. The van der Waals surface area contributed by atoms with Crippen molar-refractivity contribution in [2.45, 2.75) is 13.8 Å². The number of nitrogens with zero attached hydrogens (tertiary/aromatic N) is 1. The van der Waals surface area contributed by atoms with Crippen molar-refractivity contribution in [1.82, 2.24) is 10.2 Å². The maximum Gasteiger partial charge on any atom is 0.329 e. The fourth-order valence-electron chi connectivity index (χ4n) is 3.00. The number of halogens is 2. The van der Waals surface area contributed by atoms with Crippen LogP contribution in [0.4, 0.5) is 14.9 Å². The van der Waals surface area contributed by atoms with Gasteiger partial charge in [0.2, 0.25) is 5.91 Å². The fourth-order valence-corrected chi connectivity index (χ4v) is 3.78. The molecule has 1 aliphatic rings. The van der Waals surface area contributed by atoms with E-state index in [4.69, 9.17) is 9.47 Å². The van der Waals surface area contributed by atoms with Crippen LogP contribution in [-0.2, 0) is 9.59 Å². The lowest BCUT2D eigenvalue weighted by Crippen LogP contribution is -2.38. The first-order valence-corrected chi connectivity index (χ1v) is 10.9. The van der Waals surface area contributed by atoms with Gasteiger partial charge in [-0.3, -0.25) is 9.59 Å². The number of carbonyl (C=O) groups is 3. The molecule has 2 N–H and O–H groups in total. The van der Waals surface area contributed by atoms with Gasteiger partial charge in [0.1, 0.15) is 18.1 Å². The maximum atomic E-state index is 13.7. The van der Waals surface area contributed by atoms with Crippen LogP contribution in [0.5, 0.6) is 11.5 Å². The van der Waals surface area contributed by atoms with E-state index in [9.17, 15) is 18.8 Å². The topological polar surface area (TPSA) is 97.0 Å². The van der Waals surface area contributed by atoms with Crippen molar-refractivity contribution < 1.29 is 28.2 Å². The summed E-state index contributed by atoms with van der Waals surface area (Å²) in [4.78, 5) is 38.0. The fraction of sp³-hybridized carbons (Fsp3) is 0.227. The minimum atomic E-state index is -0.740. The number of carbonyl (C=O) groups excluding carboxylic acids is 3. The van der Waals surface area contributed by atoms with E-state index in [0.29, 0.717) is 30.3 Å². The number of rotatable bonds is 8. The Kier molecular flexibility index (Phi) is 7.67. The summed E-state index contributed by atoms with van der Waals surface area (Å²) < 4.78 is 25.8. The number of hydrogen-bond acceptors (Lipinski definition) is 5. The summed E-state index contributed by atoms with van der Waals surface area (Å²) >= 11 is 2.10. The van der Waals surface area contributed by atoms with Gasteiger partial charge < -0.3 is 20.1 Å². The smallest absolute Gasteiger partial charge is 0.329 e. The molecule has 0 atom stereocenters. The van der Waals surface area contributed by atoms with Gasteiger partial charge in [-0.25, -0.2) is 14.1 Å². The number of anilines is 1. The molecule has 0 radical (unpaired) electrons. The molecule has 1 saturated heterocycles. The lowest BCUT2D eigenvalue weighted by atomic mass is 10.1. The van der Waals surface area contributed by atoms with Crippen LogP contribution in [0.1, 0.15) is 19.4 Å². The largest absolute Gasteiger partial charge is 0.490 e. The first kappa shape index (κ1) is 23.5. The van der Waals surface area contributed by atoms with E-state index in [0.717, 1.165) is 8.47 Å². The average Bonchev–Trinajstić information content (AvgIpc) is 3.00. The molecule has 0 aliphatic carbocycles. The Labute approximate surface area is 197 Å². The van der Waals surface area contributed by atoms with E-state index < -0.39 is 30.2 Å². The van der Waals surface area contributed by atoms with Gasteiger partial charge >= 0.3 is 6.03 Å². The molecular formula is C22H21FIN3O5. The highest BCUT2D eigenvalue weighted by molar-refractivity contribution is 14.1. The van der Waals surface area contributed by atoms with Crippen LogP contribution in [-0.4, -0.2) is 42.5 Å². The standard InChI is InChI=1S/C22H21FIN3O5/c1-3-31-18-11-13(9-15(24)20(18)32-4-2)10-17-21(29)27(22(30)26-17)12-19(28)25-16-8-6-5-7-14(16)23/h5-11H,3-4,12H2,1-2H3,(H,25,28)(H,26,30)/b17-10+. The molecule has 0 bridgehead atoms. The van der Waals surface area contributed by atoms with E-state index in [2.05, 4.69) is 33.2 Å². The van der Waals surface area contributed by atoms with Crippen LogP contribution >= 0.6 is 22.6 Å². The molecule has 1 fully saturated rings. The van der Waals surface area contributed by atoms with E-state index in [-0.39, 0.29) is 11.4 Å². The maximum absolute atomic E-state index is 13.7. The molecule has 10 heteroatoms. The molecule has 2 aromatic rings. The van der Waals surface area contributed by atoms with Gasteiger partial charge in [-0.1, -0.05) is 12.1 Å². The van der Waals surface area contributed by atoms with Crippen LogP contribution in [0.25, 0.3) is 6.08 Å². The summed E-state index contributed by atoms with van der Waals surface area (Å²) in [5, 5.41) is 4.81. The summed E-state index contributed by atoms with van der Waals surface area (Å²) in [7, 11) is 0. The summed E-state index contributed by atoms with van der Waals surface area (Å²) in [6, 6.07) is 8.37. The number of hydrogen-bond donors (Lipinski definition) is 2. The third kappa shape index (κ3) is 5.36. The van der Waals surface area contributed by atoms with Crippen molar-refractivity contribution in [3.63, 3.8) is 0 Å². The Morgan fingerprint density at radius 1 is 1.19 bits per heavy atom. The molecule has 2 aromatic carbocycles. The zero-order valence-electron chi connectivity index (χ0n) is 17.4. The Hall–Kier alpha value is -3.15. The Morgan fingerprint density at radius 3 is 2.59 bits per heavy atom. The zero-order chi connectivity index (χ0) is 23.3. The molecule has 3 rings (SSSR count). The Bertz CT molecular complexity index is 1090. The molecule has 8 nitrogen and oxygen atoms in total. The van der Waals surface area contributed by atoms with Gasteiger partial charge in [-0.15, -0.1) is 0 Å². The molecule has 0 spiro atoms. The monoisotopic (exact) mass is 553 g/mol. The van der Waals surface area contributed by atoms with Crippen molar-refractivity contribution in [3.8, 4) is 11.5 Å². The summed E-state index contributed by atoms with van der Waals surface area (Å²) in [5.41, 5.74) is 0.589. The van der Waals surface area contributed by atoms with E-state index in [1.54, 1.807) is 18.2 Å². The highest BCUT2D eigenvalue weighted by atomic mass is 127. The molecule has 1 aliphatic heterocycles. The van der Waals surface area contributed by atoms with Crippen molar-refractivity contribution in [2.24, 2.45) is 0 Å². The minimum Gasteiger partial charge on any atom is -0.490 e. The summed E-state index contributed by atoms with van der Waals surface area (Å²) in [6.07, 6.45) is 1.50. The third-order valence-corrected chi connectivity index (χ3v) is 5.14. The number of urea groups is 1. The van der Waals surface area contributed by atoms with Crippen LogP contribution in [0.3, 0.4) is 0 Å². The average molecular weight is 553 g/mol. The predicted molar refractivity (Wildman–Crippen MR) is 125 cm³/mol.